The van der Waals surface area contributed by atoms with Crippen molar-refractivity contribution in [2.24, 2.45) is 7.05 Å². The molecule has 0 saturated heterocycles. The number of aryl methyl sites for hydroxylation is 3. The van der Waals surface area contributed by atoms with E-state index >= 15 is 0 Å². The van der Waals surface area contributed by atoms with Crippen LogP contribution in [0, 0.1) is 13.8 Å². The first-order valence-corrected chi connectivity index (χ1v) is 7.29. The lowest BCUT2D eigenvalue weighted by molar-refractivity contribution is 0.798. The van der Waals surface area contributed by atoms with Crippen LogP contribution in [0.15, 0.2) is 53.7 Å². The quantitative estimate of drug-likeness (QED) is 0.745. The van der Waals surface area contributed by atoms with Gasteiger partial charge in [0.2, 0.25) is 0 Å². The van der Waals surface area contributed by atoms with Crippen LogP contribution in [0.2, 0.25) is 0 Å². The van der Waals surface area contributed by atoms with Crippen LogP contribution in [0.25, 0.3) is 11.4 Å². The third kappa shape index (κ3) is 2.72. The van der Waals surface area contributed by atoms with Gasteiger partial charge in [-0.05, 0) is 25.5 Å². The molecule has 0 atom stereocenters. The molecule has 22 heavy (non-hydrogen) atoms. The zero-order chi connectivity index (χ0) is 15.7. The Bertz CT molecular complexity index is 831. The summed E-state index contributed by atoms with van der Waals surface area (Å²) in [6.07, 6.45) is 5.60. The molecule has 0 radical (unpaired) electrons. The predicted octanol–water partition coefficient (Wildman–Crippen LogP) is 2.91. The van der Waals surface area contributed by atoms with Crippen molar-refractivity contribution in [2.45, 2.75) is 20.4 Å². The normalized spacial score (nSPS) is 10.9. The van der Waals surface area contributed by atoms with Crippen LogP contribution >= 0.6 is 0 Å². The summed E-state index contributed by atoms with van der Waals surface area (Å²) in [6, 6.07) is 10.4. The van der Waals surface area contributed by atoms with Crippen molar-refractivity contribution in [2.75, 3.05) is 0 Å². The SMILES string of the molecule is Cc1ccc(Cn2ccnc2-c2cc(C)c(=O)n(C)c2)cc1. The van der Waals surface area contributed by atoms with Crippen molar-refractivity contribution in [1.29, 1.82) is 0 Å². The van der Waals surface area contributed by atoms with E-state index in [1.54, 1.807) is 17.8 Å². The third-order valence-corrected chi connectivity index (χ3v) is 3.81. The Balaban J connectivity index is 1.98. The van der Waals surface area contributed by atoms with Gasteiger partial charge in [0.05, 0.1) is 0 Å². The highest BCUT2D eigenvalue weighted by Crippen LogP contribution is 2.18. The molecule has 3 aromatic rings. The lowest BCUT2D eigenvalue weighted by atomic mass is 10.1. The van der Waals surface area contributed by atoms with E-state index in [4.69, 9.17) is 0 Å². The van der Waals surface area contributed by atoms with Crippen LogP contribution in [0.3, 0.4) is 0 Å². The van der Waals surface area contributed by atoms with Gasteiger partial charge in [-0.3, -0.25) is 4.79 Å². The fraction of sp³-hybridized carbons (Fsp3) is 0.222. The number of hydrogen-bond donors (Lipinski definition) is 0. The maximum Gasteiger partial charge on any atom is 0.253 e. The van der Waals surface area contributed by atoms with Gasteiger partial charge in [-0.2, -0.15) is 0 Å². The number of aromatic nitrogens is 3. The fourth-order valence-electron chi connectivity index (χ4n) is 2.59. The second kappa shape index (κ2) is 5.64. The van der Waals surface area contributed by atoms with Gasteiger partial charge < -0.3 is 9.13 Å². The van der Waals surface area contributed by atoms with Crippen molar-refractivity contribution in [3.8, 4) is 11.4 Å². The number of nitrogens with zero attached hydrogens (tertiary/aromatic N) is 3. The Kier molecular flexibility index (Phi) is 3.67. The van der Waals surface area contributed by atoms with Crippen molar-refractivity contribution in [1.82, 2.24) is 14.1 Å². The second-order valence-corrected chi connectivity index (χ2v) is 5.69. The van der Waals surface area contributed by atoms with Crippen molar-refractivity contribution < 1.29 is 0 Å². The van der Waals surface area contributed by atoms with Gasteiger partial charge in [-0.1, -0.05) is 29.8 Å². The predicted molar refractivity (Wildman–Crippen MR) is 87.9 cm³/mol. The molecule has 0 fully saturated rings. The molecule has 3 rings (SSSR count). The average Bonchev–Trinajstić information content (AvgIpc) is 2.95. The zero-order valence-corrected chi connectivity index (χ0v) is 13.1. The minimum Gasteiger partial charge on any atom is -0.327 e. The number of rotatable bonds is 3. The lowest BCUT2D eigenvalue weighted by Crippen LogP contribution is -2.18. The summed E-state index contributed by atoms with van der Waals surface area (Å²) in [7, 11) is 1.77. The van der Waals surface area contributed by atoms with Crippen LogP contribution in [0.5, 0.6) is 0 Å². The molecule has 2 heterocycles. The average molecular weight is 293 g/mol. The molecule has 0 unspecified atom stereocenters. The van der Waals surface area contributed by atoms with Crippen LogP contribution in [0.4, 0.5) is 0 Å². The molecular formula is C18H19N3O. The Morgan fingerprint density at radius 3 is 2.55 bits per heavy atom. The van der Waals surface area contributed by atoms with E-state index in [0.717, 1.165) is 23.5 Å². The van der Waals surface area contributed by atoms with Crippen molar-refractivity contribution in [3.63, 3.8) is 0 Å². The topological polar surface area (TPSA) is 39.8 Å². The standard InChI is InChI=1S/C18H19N3O/c1-13-4-6-15(7-5-13)11-21-9-8-19-17(21)16-10-14(2)18(22)20(3)12-16/h4-10,12H,11H2,1-3H3. The highest BCUT2D eigenvalue weighted by atomic mass is 16.1. The van der Waals surface area contributed by atoms with Gasteiger partial charge >= 0.3 is 0 Å². The van der Waals surface area contributed by atoms with Crippen LogP contribution < -0.4 is 5.56 Å². The van der Waals surface area contributed by atoms with Gasteiger partial charge in [-0.15, -0.1) is 0 Å². The van der Waals surface area contributed by atoms with Gasteiger partial charge in [0.25, 0.3) is 5.56 Å². The highest BCUT2D eigenvalue weighted by Gasteiger charge is 2.09. The first-order valence-electron chi connectivity index (χ1n) is 7.29. The largest absolute Gasteiger partial charge is 0.327 e. The monoisotopic (exact) mass is 293 g/mol. The number of pyridine rings is 1. The van der Waals surface area contributed by atoms with E-state index < -0.39 is 0 Å². The van der Waals surface area contributed by atoms with Crippen LogP contribution in [-0.4, -0.2) is 14.1 Å². The van der Waals surface area contributed by atoms with E-state index in [1.807, 2.05) is 25.4 Å². The molecule has 2 aromatic heterocycles. The Morgan fingerprint density at radius 1 is 1.14 bits per heavy atom. The molecule has 1 aromatic carbocycles. The summed E-state index contributed by atoms with van der Waals surface area (Å²) in [5.74, 6) is 0.874. The van der Waals surface area contributed by atoms with Gasteiger partial charge in [-0.25, -0.2) is 4.98 Å². The summed E-state index contributed by atoms with van der Waals surface area (Å²) in [5.41, 5.74) is 4.19. The Morgan fingerprint density at radius 2 is 1.86 bits per heavy atom. The number of hydrogen-bond acceptors (Lipinski definition) is 2. The van der Waals surface area contributed by atoms with Gasteiger partial charge in [0.15, 0.2) is 0 Å². The third-order valence-electron chi connectivity index (χ3n) is 3.81. The molecule has 0 spiro atoms. The van der Waals surface area contributed by atoms with Gasteiger partial charge in [0, 0.05) is 43.3 Å². The summed E-state index contributed by atoms with van der Waals surface area (Å²) in [5, 5.41) is 0. The van der Waals surface area contributed by atoms with Crippen LogP contribution in [-0.2, 0) is 13.6 Å². The number of benzene rings is 1. The van der Waals surface area contributed by atoms with Crippen molar-refractivity contribution in [3.05, 3.63) is 76.0 Å². The molecule has 0 N–H and O–H groups in total. The highest BCUT2D eigenvalue weighted by molar-refractivity contribution is 5.55. The second-order valence-electron chi connectivity index (χ2n) is 5.69. The molecule has 0 saturated carbocycles. The molecule has 0 bridgehead atoms. The first-order chi connectivity index (χ1) is 10.5. The van der Waals surface area contributed by atoms with E-state index in [0.29, 0.717) is 0 Å². The molecule has 0 aliphatic heterocycles. The summed E-state index contributed by atoms with van der Waals surface area (Å²) in [6.45, 7) is 4.68. The molecule has 112 valence electrons. The molecule has 0 aliphatic carbocycles. The van der Waals surface area contributed by atoms with Crippen molar-refractivity contribution >= 4 is 0 Å². The molecule has 0 aliphatic rings. The molecular weight excluding hydrogens is 274 g/mol. The minimum atomic E-state index is 0.0281. The fourth-order valence-corrected chi connectivity index (χ4v) is 2.59. The smallest absolute Gasteiger partial charge is 0.253 e. The number of imidazole rings is 1. The summed E-state index contributed by atoms with van der Waals surface area (Å²) >= 11 is 0. The maximum absolute atomic E-state index is 11.8. The van der Waals surface area contributed by atoms with E-state index in [2.05, 4.69) is 40.7 Å². The van der Waals surface area contributed by atoms with E-state index in [1.165, 1.54) is 11.1 Å². The van der Waals surface area contributed by atoms with Crippen LogP contribution in [0.1, 0.15) is 16.7 Å². The lowest BCUT2D eigenvalue weighted by Gasteiger charge is -2.10. The Hall–Kier alpha value is -2.62. The summed E-state index contributed by atoms with van der Waals surface area (Å²) < 4.78 is 3.71. The molecule has 4 heteroatoms. The molecule has 4 nitrogen and oxygen atoms in total. The van der Waals surface area contributed by atoms with E-state index in [9.17, 15) is 4.79 Å². The first kappa shape index (κ1) is 14.3. The van der Waals surface area contributed by atoms with E-state index in [-0.39, 0.29) is 5.56 Å². The molecule has 0 amide bonds. The zero-order valence-electron chi connectivity index (χ0n) is 13.1. The summed E-state index contributed by atoms with van der Waals surface area (Å²) in [4.78, 5) is 16.3. The van der Waals surface area contributed by atoms with Gasteiger partial charge in [0.1, 0.15) is 5.82 Å². The maximum atomic E-state index is 11.8. The Labute approximate surface area is 129 Å². The minimum absolute atomic E-state index is 0.0281.